The highest BCUT2D eigenvalue weighted by molar-refractivity contribution is 5.76. The molecule has 1 heterocycles. The number of carbonyl (C=O) groups is 1. The zero-order valence-electron chi connectivity index (χ0n) is 15.4. The van der Waals surface area contributed by atoms with Gasteiger partial charge in [-0.25, -0.2) is 0 Å². The summed E-state index contributed by atoms with van der Waals surface area (Å²) in [7, 11) is 0. The van der Waals surface area contributed by atoms with Gasteiger partial charge in [-0.2, -0.15) is 0 Å². The fraction of sp³-hybridized carbons (Fsp3) is 0.435. The van der Waals surface area contributed by atoms with E-state index in [4.69, 9.17) is 0 Å². The highest BCUT2D eigenvalue weighted by Crippen LogP contribution is 2.40. The van der Waals surface area contributed by atoms with Crippen molar-refractivity contribution in [1.82, 2.24) is 10.2 Å². The van der Waals surface area contributed by atoms with Gasteiger partial charge in [-0.3, -0.25) is 4.79 Å². The Bertz CT molecular complexity index is 685. The van der Waals surface area contributed by atoms with Gasteiger partial charge in [-0.05, 0) is 43.4 Å². The summed E-state index contributed by atoms with van der Waals surface area (Å²) in [5.41, 5.74) is 2.80. The summed E-state index contributed by atoms with van der Waals surface area (Å²) in [4.78, 5) is 14.6. The molecule has 0 aromatic heterocycles. The summed E-state index contributed by atoms with van der Waals surface area (Å²) < 4.78 is 0. The van der Waals surface area contributed by atoms with Crippen molar-refractivity contribution in [3.63, 3.8) is 0 Å². The topological polar surface area (TPSA) is 32.3 Å². The van der Waals surface area contributed by atoms with Crippen LogP contribution in [0.1, 0.15) is 43.2 Å². The lowest BCUT2D eigenvalue weighted by Gasteiger charge is -2.44. The number of nitrogens with one attached hydrogen (secondary N) is 1. The van der Waals surface area contributed by atoms with E-state index in [9.17, 15) is 4.79 Å². The van der Waals surface area contributed by atoms with Gasteiger partial charge in [0.15, 0.2) is 0 Å². The Morgan fingerprint density at radius 2 is 1.62 bits per heavy atom. The summed E-state index contributed by atoms with van der Waals surface area (Å²) in [6.45, 7) is 2.91. The summed E-state index contributed by atoms with van der Waals surface area (Å²) >= 11 is 0. The minimum absolute atomic E-state index is 0.0216. The zero-order valence-corrected chi connectivity index (χ0v) is 15.4. The molecule has 0 spiro atoms. The highest BCUT2D eigenvalue weighted by Gasteiger charge is 2.38. The molecule has 4 rings (SSSR count). The van der Waals surface area contributed by atoms with Crippen LogP contribution in [0.5, 0.6) is 0 Å². The van der Waals surface area contributed by atoms with E-state index in [1.54, 1.807) is 0 Å². The lowest BCUT2D eigenvalue weighted by Crippen LogP contribution is -2.47. The molecule has 0 radical (unpaired) electrons. The van der Waals surface area contributed by atoms with Crippen LogP contribution in [-0.4, -0.2) is 36.5 Å². The monoisotopic (exact) mass is 348 g/mol. The number of hydrogen-bond donors (Lipinski definition) is 1. The Morgan fingerprint density at radius 3 is 2.19 bits per heavy atom. The van der Waals surface area contributed by atoms with Crippen LogP contribution in [0.4, 0.5) is 0 Å². The van der Waals surface area contributed by atoms with E-state index in [2.05, 4.69) is 70.9 Å². The predicted octanol–water partition coefficient (Wildman–Crippen LogP) is 3.74. The van der Waals surface area contributed by atoms with Gasteiger partial charge < -0.3 is 10.2 Å². The van der Waals surface area contributed by atoms with E-state index >= 15 is 0 Å². The maximum absolute atomic E-state index is 12.1. The van der Waals surface area contributed by atoms with Crippen LogP contribution in [0.15, 0.2) is 60.7 Å². The average molecular weight is 348 g/mol. The number of amides is 1. The largest absolute Gasteiger partial charge is 0.353 e. The number of benzene rings is 2. The highest BCUT2D eigenvalue weighted by atomic mass is 16.1. The van der Waals surface area contributed by atoms with Gasteiger partial charge in [0, 0.05) is 31.0 Å². The summed E-state index contributed by atoms with van der Waals surface area (Å²) in [6, 6.07) is 22.2. The first-order valence-electron chi connectivity index (χ1n) is 9.89. The first-order valence-corrected chi connectivity index (χ1v) is 9.89. The molecule has 0 unspecified atom stereocenters. The van der Waals surface area contributed by atoms with Crippen LogP contribution in [-0.2, 0) is 10.2 Å². The van der Waals surface area contributed by atoms with Crippen LogP contribution in [0.3, 0.4) is 0 Å². The molecular weight excluding hydrogens is 320 g/mol. The van der Waals surface area contributed by atoms with Gasteiger partial charge in [0.2, 0.25) is 5.91 Å². The number of carbonyl (C=O) groups excluding carboxylic acids is 1. The molecule has 1 N–H and O–H groups in total. The molecule has 1 aliphatic carbocycles. The second-order valence-corrected chi connectivity index (χ2v) is 7.79. The normalized spacial score (nSPS) is 19.8. The Hall–Kier alpha value is -2.13. The molecule has 3 heteroatoms. The van der Waals surface area contributed by atoms with E-state index in [-0.39, 0.29) is 11.3 Å². The third kappa shape index (κ3) is 3.83. The molecule has 1 saturated heterocycles. The molecule has 26 heavy (non-hydrogen) atoms. The second-order valence-electron chi connectivity index (χ2n) is 7.79. The quantitative estimate of drug-likeness (QED) is 0.862. The molecule has 2 aromatic carbocycles. The number of likely N-dealkylation sites (tertiary alicyclic amines) is 1. The Morgan fingerprint density at radius 1 is 1.00 bits per heavy atom. The minimum Gasteiger partial charge on any atom is -0.353 e. The number of piperidine rings is 1. The van der Waals surface area contributed by atoms with Gasteiger partial charge in [0.25, 0.3) is 0 Å². The summed E-state index contributed by atoms with van der Waals surface area (Å²) in [5, 5.41) is 3.11. The van der Waals surface area contributed by atoms with Gasteiger partial charge in [-0.15, -0.1) is 0 Å². The van der Waals surface area contributed by atoms with Crippen molar-refractivity contribution >= 4 is 5.91 Å². The van der Waals surface area contributed by atoms with E-state index in [0.29, 0.717) is 12.5 Å². The van der Waals surface area contributed by atoms with Crippen LogP contribution < -0.4 is 5.32 Å². The van der Waals surface area contributed by atoms with E-state index in [0.717, 1.165) is 45.3 Å². The van der Waals surface area contributed by atoms with Crippen molar-refractivity contribution < 1.29 is 4.79 Å². The molecule has 3 nitrogen and oxygen atoms in total. The first-order chi connectivity index (χ1) is 12.8. The molecule has 0 atom stereocenters. The van der Waals surface area contributed by atoms with Gasteiger partial charge in [0.1, 0.15) is 0 Å². The number of hydrogen-bond acceptors (Lipinski definition) is 2. The number of nitrogens with zero attached hydrogens (tertiary/aromatic N) is 1. The maximum Gasteiger partial charge on any atom is 0.221 e. The fourth-order valence-corrected chi connectivity index (χ4v) is 4.27. The molecule has 1 aliphatic heterocycles. The molecule has 1 saturated carbocycles. The molecule has 0 bridgehead atoms. The smallest absolute Gasteiger partial charge is 0.221 e. The van der Waals surface area contributed by atoms with Crippen molar-refractivity contribution in [1.29, 1.82) is 0 Å². The van der Waals surface area contributed by atoms with E-state index in [1.807, 2.05) is 0 Å². The fourth-order valence-electron chi connectivity index (χ4n) is 4.27. The third-order valence-corrected chi connectivity index (χ3v) is 5.82. The predicted molar refractivity (Wildman–Crippen MR) is 105 cm³/mol. The van der Waals surface area contributed by atoms with Gasteiger partial charge in [0.05, 0.1) is 0 Å². The second kappa shape index (κ2) is 7.63. The van der Waals surface area contributed by atoms with Crippen molar-refractivity contribution in [3.05, 3.63) is 71.8 Å². The molecule has 2 aromatic rings. The minimum atomic E-state index is 0.0216. The average Bonchev–Trinajstić information content (AvgIpc) is 3.52. The van der Waals surface area contributed by atoms with Crippen molar-refractivity contribution in [2.75, 3.05) is 19.6 Å². The van der Waals surface area contributed by atoms with Crippen molar-refractivity contribution in [2.24, 2.45) is 0 Å². The van der Waals surface area contributed by atoms with Gasteiger partial charge >= 0.3 is 0 Å². The van der Waals surface area contributed by atoms with Gasteiger partial charge in [-0.1, -0.05) is 60.7 Å². The Kier molecular flexibility index (Phi) is 5.07. The lowest BCUT2D eigenvalue weighted by molar-refractivity contribution is -0.121. The van der Waals surface area contributed by atoms with Crippen LogP contribution in [0.25, 0.3) is 0 Å². The van der Waals surface area contributed by atoms with Crippen LogP contribution in [0, 0.1) is 0 Å². The standard InChI is InChI=1S/C23H28N2O/c26-22(24-21-12-13-21)14-17-25-16-7-15-23(18-25,19-8-3-1-4-9-19)20-10-5-2-6-11-20/h1-6,8-11,21H,7,12-18H2,(H,24,26). The summed E-state index contributed by atoms with van der Waals surface area (Å²) in [6.07, 6.45) is 5.23. The molecule has 136 valence electrons. The Balaban J connectivity index is 1.53. The van der Waals surface area contributed by atoms with Crippen LogP contribution >= 0.6 is 0 Å². The lowest BCUT2D eigenvalue weighted by atomic mass is 9.69. The third-order valence-electron chi connectivity index (χ3n) is 5.82. The summed E-state index contributed by atoms with van der Waals surface area (Å²) in [5.74, 6) is 0.211. The maximum atomic E-state index is 12.1. The molecule has 1 amide bonds. The van der Waals surface area contributed by atoms with Crippen molar-refractivity contribution in [2.45, 2.75) is 43.6 Å². The molecule has 2 aliphatic rings. The first kappa shape index (κ1) is 17.3. The number of rotatable bonds is 6. The van der Waals surface area contributed by atoms with Crippen LogP contribution in [0.2, 0.25) is 0 Å². The van der Waals surface area contributed by atoms with Crippen molar-refractivity contribution in [3.8, 4) is 0 Å². The SMILES string of the molecule is O=C(CCN1CCCC(c2ccccc2)(c2ccccc2)C1)NC1CC1. The zero-order chi connectivity index (χ0) is 17.8. The Labute approximate surface area is 156 Å². The molecule has 2 fully saturated rings. The van der Waals surface area contributed by atoms with E-state index in [1.165, 1.54) is 11.1 Å². The van der Waals surface area contributed by atoms with E-state index < -0.39 is 0 Å². The molecular formula is C23H28N2O.